The molecule has 0 saturated carbocycles. The molecule has 0 bridgehead atoms. The molecule has 0 amide bonds. The van der Waals surface area contributed by atoms with Crippen LogP contribution in [0.1, 0.15) is 25.7 Å². The summed E-state index contributed by atoms with van der Waals surface area (Å²) in [5.74, 6) is 1.02. The summed E-state index contributed by atoms with van der Waals surface area (Å²) in [5.41, 5.74) is 0. The molecule has 0 aliphatic carbocycles. The van der Waals surface area contributed by atoms with Crippen molar-refractivity contribution in [3.8, 4) is 0 Å². The van der Waals surface area contributed by atoms with Crippen LogP contribution in [0.4, 0.5) is 5.82 Å². The number of nitrogens with zero attached hydrogens (tertiary/aromatic N) is 4. The lowest BCUT2D eigenvalue weighted by atomic mass is 10.1. The fourth-order valence-electron chi connectivity index (χ4n) is 3.11. The third-order valence-corrected chi connectivity index (χ3v) is 4.15. The number of piperidine rings is 1. The van der Waals surface area contributed by atoms with Gasteiger partial charge in [0.25, 0.3) is 0 Å². The third kappa shape index (κ3) is 3.67. The Balaban J connectivity index is 1.60. The van der Waals surface area contributed by atoms with Crippen LogP contribution in [0, 0.1) is 0 Å². The van der Waals surface area contributed by atoms with Crippen molar-refractivity contribution in [2.75, 3.05) is 44.2 Å². The van der Waals surface area contributed by atoms with Crippen LogP contribution in [0.3, 0.4) is 0 Å². The summed E-state index contributed by atoms with van der Waals surface area (Å²) in [5, 5.41) is 0. The van der Waals surface area contributed by atoms with E-state index in [0.717, 1.165) is 38.5 Å². The first-order valence-electron chi connectivity index (χ1n) is 7.77. The molecule has 1 aromatic heterocycles. The number of aromatic nitrogens is 2. The molecule has 1 aromatic rings. The first-order valence-corrected chi connectivity index (χ1v) is 7.77. The summed E-state index contributed by atoms with van der Waals surface area (Å²) < 4.78 is 6.03. The number of hydrogen-bond donors (Lipinski definition) is 0. The highest BCUT2D eigenvalue weighted by Crippen LogP contribution is 2.16. The molecule has 0 unspecified atom stereocenters. The Morgan fingerprint density at radius 1 is 1.15 bits per heavy atom. The van der Waals surface area contributed by atoms with Gasteiger partial charge in [0, 0.05) is 32.4 Å². The molecule has 2 fully saturated rings. The topological polar surface area (TPSA) is 41.5 Å². The quantitative estimate of drug-likeness (QED) is 0.838. The van der Waals surface area contributed by atoms with Gasteiger partial charge in [-0.3, -0.25) is 0 Å². The SMILES string of the molecule is c1cc(N2CCCO[C@H](CN3CCCCC3)C2)ncn1. The number of ether oxygens (including phenoxy) is 1. The van der Waals surface area contributed by atoms with Crippen molar-refractivity contribution < 1.29 is 4.74 Å². The first-order chi connectivity index (χ1) is 9.92. The minimum absolute atomic E-state index is 0.297. The van der Waals surface area contributed by atoms with Gasteiger partial charge in [-0.05, 0) is 38.4 Å². The molecule has 110 valence electrons. The maximum absolute atomic E-state index is 6.03. The van der Waals surface area contributed by atoms with Gasteiger partial charge in [0.15, 0.2) is 0 Å². The predicted octanol–water partition coefficient (Wildman–Crippen LogP) is 1.56. The Morgan fingerprint density at radius 3 is 2.85 bits per heavy atom. The van der Waals surface area contributed by atoms with Crippen LogP contribution < -0.4 is 4.90 Å². The van der Waals surface area contributed by atoms with Gasteiger partial charge in [-0.2, -0.15) is 0 Å². The maximum atomic E-state index is 6.03. The summed E-state index contributed by atoms with van der Waals surface area (Å²) >= 11 is 0. The highest BCUT2D eigenvalue weighted by molar-refractivity contribution is 5.36. The molecule has 0 aromatic carbocycles. The van der Waals surface area contributed by atoms with Crippen LogP contribution in [0.25, 0.3) is 0 Å². The normalized spacial score (nSPS) is 25.4. The van der Waals surface area contributed by atoms with E-state index in [1.54, 1.807) is 6.33 Å². The van der Waals surface area contributed by atoms with Gasteiger partial charge >= 0.3 is 0 Å². The molecule has 0 radical (unpaired) electrons. The lowest BCUT2D eigenvalue weighted by Crippen LogP contribution is -2.42. The van der Waals surface area contributed by atoms with E-state index in [0.29, 0.717) is 6.10 Å². The van der Waals surface area contributed by atoms with Crippen LogP contribution in [-0.2, 0) is 4.74 Å². The second-order valence-electron chi connectivity index (χ2n) is 5.72. The Morgan fingerprint density at radius 2 is 2.05 bits per heavy atom. The average Bonchev–Trinajstić information content (AvgIpc) is 2.75. The van der Waals surface area contributed by atoms with E-state index in [-0.39, 0.29) is 0 Å². The van der Waals surface area contributed by atoms with Gasteiger partial charge in [-0.15, -0.1) is 0 Å². The molecule has 3 rings (SSSR count). The van der Waals surface area contributed by atoms with E-state index in [9.17, 15) is 0 Å². The second-order valence-corrected chi connectivity index (χ2v) is 5.72. The lowest BCUT2D eigenvalue weighted by molar-refractivity contribution is 0.0350. The fourth-order valence-corrected chi connectivity index (χ4v) is 3.11. The summed E-state index contributed by atoms with van der Waals surface area (Å²) in [6.45, 7) is 6.34. The number of hydrogen-bond acceptors (Lipinski definition) is 5. The standard InChI is InChI=1S/C15H24N4O/c1-2-7-18(8-3-1)11-14-12-19(9-4-10-20-14)15-5-6-16-13-17-15/h5-6,13-14H,1-4,7-12H2/t14-/m1/s1. The van der Waals surface area contributed by atoms with E-state index in [2.05, 4.69) is 19.8 Å². The van der Waals surface area contributed by atoms with Crippen LogP contribution in [0.5, 0.6) is 0 Å². The zero-order chi connectivity index (χ0) is 13.6. The summed E-state index contributed by atoms with van der Waals surface area (Å²) in [6.07, 6.45) is 8.86. The highest BCUT2D eigenvalue weighted by Gasteiger charge is 2.22. The molecular weight excluding hydrogens is 252 g/mol. The first kappa shape index (κ1) is 13.8. The number of anilines is 1. The third-order valence-electron chi connectivity index (χ3n) is 4.15. The van der Waals surface area contributed by atoms with Gasteiger partial charge in [-0.1, -0.05) is 6.42 Å². The van der Waals surface area contributed by atoms with Crippen LogP contribution >= 0.6 is 0 Å². The molecule has 2 aliphatic rings. The van der Waals surface area contributed by atoms with Crippen molar-refractivity contribution in [2.45, 2.75) is 31.8 Å². The van der Waals surface area contributed by atoms with Gasteiger partial charge in [0.1, 0.15) is 12.1 Å². The van der Waals surface area contributed by atoms with E-state index in [1.807, 2.05) is 12.3 Å². The molecule has 5 heteroatoms. The van der Waals surface area contributed by atoms with E-state index in [4.69, 9.17) is 4.74 Å². The van der Waals surface area contributed by atoms with Crippen LogP contribution in [0.2, 0.25) is 0 Å². The molecule has 2 aliphatic heterocycles. The largest absolute Gasteiger partial charge is 0.375 e. The zero-order valence-corrected chi connectivity index (χ0v) is 12.1. The van der Waals surface area contributed by atoms with Gasteiger partial charge in [-0.25, -0.2) is 9.97 Å². The smallest absolute Gasteiger partial charge is 0.131 e. The molecule has 1 atom stereocenters. The molecule has 20 heavy (non-hydrogen) atoms. The van der Waals surface area contributed by atoms with Crippen LogP contribution in [0.15, 0.2) is 18.6 Å². The second kappa shape index (κ2) is 6.99. The Labute approximate surface area is 121 Å². The van der Waals surface area contributed by atoms with Crippen molar-refractivity contribution in [1.29, 1.82) is 0 Å². The molecule has 0 spiro atoms. The van der Waals surface area contributed by atoms with E-state index in [1.165, 1.54) is 32.4 Å². The maximum Gasteiger partial charge on any atom is 0.131 e. The predicted molar refractivity (Wildman–Crippen MR) is 78.9 cm³/mol. The Hall–Kier alpha value is -1.20. The summed E-state index contributed by atoms with van der Waals surface area (Å²) in [4.78, 5) is 13.3. The zero-order valence-electron chi connectivity index (χ0n) is 12.1. The average molecular weight is 276 g/mol. The van der Waals surface area contributed by atoms with Crippen LogP contribution in [-0.4, -0.2) is 60.3 Å². The van der Waals surface area contributed by atoms with Crippen molar-refractivity contribution in [3.63, 3.8) is 0 Å². The Bertz CT molecular complexity index is 394. The van der Waals surface area contributed by atoms with Crippen molar-refractivity contribution in [2.24, 2.45) is 0 Å². The molecule has 2 saturated heterocycles. The fraction of sp³-hybridized carbons (Fsp3) is 0.733. The van der Waals surface area contributed by atoms with Crippen molar-refractivity contribution in [1.82, 2.24) is 14.9 Å². The molecule has 3 heterocycles. The molecule has 0 N–H and O–H groups in total. The summed E-state index contributed by atoms with van der Waals surface area (Å²) in [7, 11) is 0. The Kier molecular flexibility index (Phi) is 4.82. The summed E-state index contributed by atoms with van der Waals surface area (Å²) in [6, 6.07) is 1.99. The number of rotatable bonds is 3. The van der Waals surface area contributed by atoms with Gasteiger partial charge < -0.3 is 14.5 Å². The van der Waals surface area contributed by atoms with Crippen molar-refractivity contribution in [3.05, 3.63) is 18.6 Å². The van der Waals surface area contributed by atoms with Gasteiger partial charge in [0.05, 0.1) is 6.10 Å². The van der Waals surface area contributed by atoms with Gasteiger partial charge in [0.2, 0.25) is 0 Å². The molecule has 5 nitrogen and oxygen atoms in total. The number of likely N-dealkylation sites (tertiary alicyclic amines) is 1. The monoisotopic (exact) mass is 276 g/mol. The van der Waals surface area contributed by atoms with E-state index >= 15 is 0 Å². The van der Waals surface area contributed by atoms with E-state index < -0.39 is 0 Å². The highest BCUT2D eigenvalue weighted by atomic mass is 16.5. The minimum Gasteiger partial charge on any atom is -0.375 e. The minimum atomic E-state index is 0.297. The van der Waals surface area contributed by atoms with Crippen molar-refractivity contribution >= 4 is 5.82 Å². The molecular formula is C15H24N4O. The lowest BCUT2D eigenvalue weighted by Gasteiger charge is -2.31.